The van der Waals surface area contributed by atoms with E-state index in [1.165, 1.54) is 12.8 Å². The Balaban J connectivity index is 2.10. The van der Waals surface area contributed by atoms with Gasteiger partial charge in [0.15, 0.2) is 0 Å². The van der Waals surface area contributed by atoms with Crippen molar-refractivity contribution in [1.29, 1.82) is 0 Å². The van der Waals surface area contributed by atoms with Crippen LogP contribution in [0.3, 0.4) is 0 Å². The first kappa shape index (κ1) is 11.5. The maximum atomic E-state index is 11.3. The Morgan fingerprint density at radius 1 is 1.25 bits per heavy atom. The van der Waals surface area contributed by atoms with E-state index in [1.54, 1.807) is 0 Å². The number of piperidine rings is 1. The summed E-state index contributed by atoms with van der Waals surface area (Å²) in [5, 5.41) is 3.36. The van der Waals surface area contributed by atoms with Gasteiger partial charge in [0.05, 0.1) is 0 Å². The highest BCUT2D eigenvalue weighted by Crippen LogP contribution is 2.21. The molecule has 0 unspecified atom stereocenters. The van der Waals surface area contributed by atoms with Crippen molar-refractivity contribution in [2.45, 2.75) is 39.0 Å². The van der Waals surface area contributed by atoms with Crippen molar-refractivity contribution in [3.63, 3.8) is 0 Å². The molecule has 0 spiro atoms. The molecule has 90 valence electrons. The molecule has 0 amide bonds. The lowest BCUT2D eigenvalue weighted by Crippen LogP contribution is -2.29. The smallest absolute Gasteiger partial charge is 0.317 e. The molecule has 1 aliphatic rings. The number of H-pyrrole nitrogens is 2. The fourth-order valence-electron chi connectivity index (χ4n) is 2.46. The summed E-state index contributed by atoms with van der Waals surface area (Å²) in [5.41, 5.74) is 2.14. The molecule has 0 atom stereocenters. The van der Waals surface area contributed by atoms with Gasteiger partial charge >= 0.3 is 5.69 Å². The molecule has 3 N–H and O–H groups in total. The Labute approximate surface area is 95.9 Å². The zero-order chi connectivity index (χ0) is 11.5. The van der Waals surface area contributed by atoms with Crippen LogP contribution in [0.15, 0.2) is 4.79 Å². The van der Waals surface area contributed by atoms with Crippen LogP contribution in [0.2, 0.25) is 0 Å². The second-order valence-electron chi connectivity index (χ2n) is 5.02. The number of nitrogens with one attached hydrogen (secondary N) is 3. The zero-order valence-electron chi connectivity index (χ0n) is 10.1. The van der Waals surface area contributed by atoms with Crippen LogP contribution in [0.5, 0.6) is 0 Å². The average Bonchev–Trinajstić information content (AvgIpc) is 2.61. The molecule has 1 saturated heterocycles. The van der Waals surface area contributed by atoms with E-state index >= 15 is 0 Å². The van der Waals surface area contributed by atoms with Crippen molar-refractivity contribution in [3.8, 4) is 0 Å². The third-order valence-corrected chi connectivity index (χ3v) is 3.37. The molecule has 16 heavy (non-hydrogen) atoms. The molecule has 0 aliphatic carbocycles. The van der Waals surface area contributed by atoms with Gasteiger partial charge in [-0.15, -0.1) is 0 Å². The first-order chi connectivity index (χ1) is 7.66. The summed E-state index contributed by atoms with van der Waals surface area (Å²) in [6.07, 6.45) is 3.43. The van der Waals surface area contributed by atoms with E-state index in [1.807, 2.05) is 0 Å². The molecule has 4 heteroatoms. The molecule has 0 aromatic carbocycles. The summed E-state index contributed by atoms with van der Waals surface area (Å²) < 4.78 is 0. The Bertz CT molecular complexity index is 385. The molecular weight excluding hydrogens is 202 g/mol. The van der Waals surface area contributed by atoms with E-state index in [2.05, 4.69) is 29.1 Å². The molecule has 2 rings (SSSR count). The van der Waals surface area contributed by atoms with Crippen LogP contribution >= 0.6 is 0 Å². The van der Waals surface area contributed by atoms with E-state index in [9.17, 15) is 4.79 Å². The standard InChI is InChI=1S/C12H21N3O/c1-8(2)11-10(14-12(16)15-11)7-9-3-5-13-6-4-9/h8-9,13H,3-7H2,1-2H3,(H2,14,15,16). The highest BCUT2D eigenvalue weighted by Gasteiger charge is 2.18. The van der Waals surface area contributed by atoms with Crippen molar-refractivity contribution in [1.82, 2.24) is 15.3 Å². The normalized spacial score (nSPS) is 18.2. The van der Waals surface area contributed by atoms with Crippen molar-refractivity contribution in [2.75, 3.05) is 13.1 Å². The second-order valence-corrected chi connectivity index (χ2v) is 5.02. The Hall–Kier alpha value is -1.03. The Morgan fingerprint density at radius 3 is 2.56 bits per heavy atom. The molecule has 1 aromatic rings. The largest absolute Gasteiger partial charge is 0.323 e. The first-order valence-electron chi connectivity index (χ1n) is 6.18. The quantitative estimate of drug-likeness (QED) is 0.724. The highest BCUT2D eigenvalue weighted by atomic mass is 16.1. The van der Waals surface area contributed by atoms with E-state index in [0.29, 0.717) is 11.8 Å². The van der Waals surface area contributed by atoms with Crippen LogP contribution in [-0.2, 0) is 6.42 Å². The topological polar surface area (TPSA) is 60.7 Å². The second kappa shape index (κ2) is 4.87. The zero-order valence-corrected chi connectivity index (χ0v) is 10.1. The molecule has 4 nitrogen and oxygen atoms in total. The molecule has 0 bridgehead atoms. The number of imidazole rings is 1. The number of hydrogen-bond donors (Lipinski definition) is 3. The van der Waals surface area contributed by atoms with Crippen molar-refractivity contribution in [2.24, 2.45) is 5.92 Å². The SMILES string of the molecule is CC(C)c1[nH]c(=O)[nH]c1CC1CCNCC1. The van der Waals surface area contributed by atoms with Gasteiger partial charge in [0.1, 0.15) is 0 Å². The third-order valence-electron chi connectivity index (χ3n) is 3.37. The lowest BCUT2D eigenvalue weighted by atomic mass is 9.91. The van der Waals surface area contributed by atoms with Crippen LogP contribution in [0, 0.1) is 5.92 Å². The van der Waals surface area contributed by atoms with Crippen LogP contribution in [-0.4, -0.2) is 23.1 Å². The predicted octanol–water partition coefficient (Wildman–Crippen LogP) is 1.37. The maximum Gasteiger partial charge on any atom is 0.323 e. The minimum absolute atomic E-state index is 0.0624. The van der Waals surface area contributed by atoms with Gasteiger partial charge < -0.3 is 15.3 Å². The molecule has 0 saturated carbocycles. The fourth-order valence-corrected chi connectivity index (χ4v) is 2.46. The van der Waals surface area contributed by atoms with E-state index < -0.39 is 0 Å². The van der Waals surface area contributed by atoms with Crippen LogP contribution < -0.4 is 11.0 Å². The van der Waals surface area contributed by atoms with Gasteiger partial charge in [-0.1, -0.05) is 13.8 Å². The number of rotatable bonds is 3. The third kappa shape index (κ3) is 2.55. The molecule has 1 fully saturated rings. The summed E-state index contributed by atoms with van der Waals surface area (Å²) in [6.45, 7) is 6.45. The number of aromatic nitrogens is 2. The molecule has 2 heterocycles. The number of aromatic amines is 2. The minimum Gasteiger partial charge on any atom is -0.317 e. The van der Waals surface area contributed by atoms with Crippen molar-refractivity contribution >= 4 is 0 Å². The summed E-state index contributed by atoms with van der Waals surface area (Å²) in [4.78, 5) is 17.2. The highest BCUT2D eigenvalue weighted by molar-refractivity contribution is 5.15. The fraction of sp³-hybridized carbons (Fsp3) is 0.750. The minimum atomic E-state index is -0.0624. The van der Waals surface area contributed by atoms with E-state index in [0.717, 1.165) is 30.9 Å². The molecule has 1 aliphatic heterocycles. The maximum absolute atomic E-state index is 11.3. The monoisotopic (exact) mass is 223 g/mol. The Morgan fingerprint density at radius 2 is 1.94 bits per heavy atom. The molecule has 1 aromatic heterocycles. The predicted molar refractivity (Wildman–Crippen MR) is 64.8 cm³/mol. The van der Waals surface area contributed by atoms with Gasteiger partial charge in [-0.3, -0.25) is 0 Å². The summed E-state index contributed by atoms with van der Waals surface area (Å²) in [7, 11) is 0. The van der Waals surface area contributed by atoms with E-state index in [-0.39, 0.29) is 5.69 Å². The van der Waals surface area contributed by atoms with Gasteiger partial charge in [0.2, 0.25) is 0 Å². The van der Waals surface area contributed by atoms with Crippen LogP contribution in [0.25, 0.3) is 0 Å². The lowest BCUT2D eigenvalue weighted by molar-refractivity contribution is 0.369. The van der Waals surface area contributed by atoms with Crippen molar-refractivity contribution in [3.05, 3.63) is 21.9 Å². The number of hydrogen-bond acceptors (Lipinski definition) is 2. The van der Waals surface area contributed by atoms with Gasteiger partial charge in [0.25, 0.3) is 0 Å². The Kier molecular flexibility index (Phi) is 3.49. The molecular formula is C12H21N3O. The van der Waals surface area contributed by atoms with Crippen molar-refractivity contribution < 1.29 is 0 Å². The van der Waals surface area contributed by atoms with Gasteiger partial charge in [0, 0.05) is 11.4 Å². The first-order valence-corrected chi connectivity index (χ1v) is 6.18. The lowest BCUT2D eigenvalue weighted by Gasteiger charge is -2.22. The summed E-state index contributed by atoms with van der Waals surface area (Å²) >= 11 is 0. The van der Waals surface area contributed by atoms with Gasteiger partial charge in [-0.2, -0.15) is 0 Å². The summed E-state index contributed by atoms with van der Waals surface area (Å²) in [6, 6.07) is 0. The van der Waals surface area contributed by atoms with E-state index in [4.69, 9.17) is 0 Å². The average molecular weight is 223 g/mol. The van der Waals surface area contributed by atoms with Crippen LogP contribution in [0.1, 0.15) is 44.0 Å². The summed E-state index contributed by atoms with van der Waals surface area (Å²) in [5.74, 6) is 1.10. The molecule has 0 radical (unpaired) electrons. The van der Waals surface area contributed by atoms with Crippen LogP contribution in [0.4, 0.5) is 0 Å². The van der Waals surface area contributed by atoms with Gasteiger partial charge in [-0.25, -0.2) is 4.79 Å². The van der Waals surface area contributed by atoms with Gasteiger partial charge in [-0.05, 0) is 44.2 Å².